The summed E-state index contributed by atoms with van der Waals surface area (Å²) in [6, 6.07) is 18.5. The van der Waals surface area contributed by atoms with Crippen molar-refractivity contribution in [3.05, 3.63) is 90.0 Å². The average Bonchev–Trinajstić information content (AvgIpc) is 3.82. The maximum atomic E-state index is 14.0. The zero-order chi connectivity index (χ0) is 30.0. The lowest BCUT2D eigenvalue weighted by molar-refractivity contribution is -0.135. The van der Waals surface area contributed by atoms with Gasteiger partial charge in [-0.3, -0.25) is 9.69 Å². The van der Waals surface area contributed by atoms with Gasteiger partial charge in [0.15, 0.2) is 0 Å². The van der Waals surface area contributed by atoms with Crippen LogP contribution in [0.15, 0.2) is 78.9 Å². The lowest BCUT2D eigenvalue weighted by Gasteiger charge is -2.50. The topological polar surface area (TPSA) is 59.1 Å². The fourth-order valence-electron chi connectivity index (χ4n) is 6.76. The molecule has 2 aliphatic carbocycles. The second-order valence-electron chi connectivity index (χ2n) is 13.3. The number of rotatable bonds is 8. The van der Waals surface area contributed by atoms with Crippen LogP contribution in [0.4, 0.5) is 4.79 Å². The fraction of sp³-hybridized carbons (Fsp3) is 0.500. The number of ether oxygens (including phenoxy) is 2. The summed E-state index contributed by atoms with van der Waals surface area (Å²) in [5.74, 6) is 1.03. The SMILES string of the molecule is CCC1(N(CC2(c3ccccc3)CCN(C(=O)C3(c4ccc(OC)cc4)CC3)CC2)C(=O)OC(C)(C)C)C=CC=CC1. The van der Waals surface area contributed by atoms with Gasteiger partial charge < -0.3 is 14.4 Å². The molecule has 1 unspecified atom stereocenters. The molecular formula is C36H46N2O4. The molecule has 1 aliphatic heterocycles. The number of carbonyl (C=O) groups is 2. The molecule has 1 heterocycles. The molecule has 0 N–H and O–H groups in total. The maximum absolute atomic E-state index is 14.0. The first kappa shape index (κ1) is 29.9. The van der Waals surface area contributed by atoms with E-state index in [4.69, 9.17) is 9.47 Å². The molecule has 2 fully saturated rings. The molecule has 0 radical (unpaired) electrons. The molecule has 0 spiro atoms. The number of benzene rings is 2. The summed E-state index contributed by atoms with van der Waals surface area (Å²) in [4.78, 5) is 32.0. The quantitative estimate of drug-likeness (QED) is 0.337. The molecule has 1 saturated heterocycles. The van der Waals surface area contributed by atoms with Gasteiger partial charge in [0.2, 0.25) is 5.91 Å². The van der Waals surface area contributed by atoms with Crippen molar-refractivity contribution in [2.75, 3.05) is 26.7 Å². The molecule has 42 heavy (non-hydrogen) atoms. The van der Waals surface area contributed by atoms with Gasteiger partial charge in [-0.05, 0) is 82.6 Å². The van der Waals surface area contributed by atoms with Gasteiger partial charge in [0.05, 0.1) is 18.1 Å². The Morgan fingerprint density at radius 2 is 1.57 bits per heavy atom. The highest BCUT2D eigenvalue weighted by Gasteiger charge is 2.54. The highest BCUT2D eigenvalue weighted by Crippen LogP contribution is 2.51. The molecule has 2 amide bonds. The lowest BCUT2D eigenvalue weighted by Crippen LogP contribution is -2.59. The minimum absolute atomic E-state index is 0.226. The van der Waals surface area contributed by atoms with E-state index in [0.717, 1.165) is 49.8 Å². The molecule has 5 rings (SSSR count). The van der Waals surface area contributed by atoms with Crippen LogP contribution in [0.2, 0.25) is 0 Å². The molecular weight excluding hydrogens is 524 g/mol. The van der Waals surface area contributed by atoms with E-state index in [-0.39, 0.29) is 17.4 Å². The van der Waals surface area contributed by atoms with Crippen LogP contribution >= 0.6 is 0 Å². The van der Waals surface area contributed by atoms with Crippen molar-refractivity contribution in [2.45, 2.75) is 88.2 Å². The molecule has 224 valence electrons. The maximum Gasteiger partial charge on any atom is 0.411 e. The normalized spacial score (nSPS) is 22.4. The molecule has 2 aromatic carbocycles. The van der Waals surface area contributed by atoms with E-state index in [1.165, 1.54) is 5.56 Å². The summed E-state index contributed by atoms with van der Waals surface area (Å²) in [6.45, 7) is 9.75. The number of nitrogens with zero attached hydrogens (tertiary/aromatic N) is 2. The van der Waals surface area contributed by atoms with Crippen molar-refractivity contribution in [1.29, 1.82) is 0 Å². The van der Waals surface area contributed by atoms with Gasteiger partial charge in [-0.2, -0.15) is 0 Å². The Balaban J connectivity index is 1.43. The Morgan fingerprint density at radius 1 is 0.905 bits per heavy atom. The Morgan fingerprint density at radius 3 is 2.10 bits per heavy atom. The summed E-state index contributed by atoms with van der Waals surface area (Å²) in [7, 11) is 1.66. The predicted molar refractivity (Wildman–Crippen MR) is 167 cm³/mol. The van der Waals surface area contributed by atoms with Crippen LogP contribution in [0.25, 0.3) is 0 Å². The van der Waals surface area contributed by atoms with Crippen LogP contribution in [0, 0.1) is 0 Å². The van der Waals surface area contributed by atoms with Crippen molar-refractivity contribution < 1.29 is 19.1 Å². The minimum atomic E-state index is -0.603. The fourth-order valence-corrected chi connectivity index (χ4v) is 6.76. The van der Waals surface area contributed by atoms with Crippen LogP contribution < -0.4 is 4.74 Å². The third kappa shape index (κ3) is 5.86. The second kappa shape index (κ2) is 11.6. The second-order valence-corrected chi connectivity index (χ2v) is 13.3. The molecule has 2 aromatic rings. The first-order valence-corrected chi connectivity index (χ1v) is 15.4. The van der Waals surface area contributed by atoms with Gasteiger partial charge in [-0.15, -0.1) is 0 Å². The predicted octanol–water partition coefficient (Wildman–Crippen LogP) is 7.19. The van der Waals surface area contributed by atoms with Crippen molar-refractivity contribution in [3.8, 4) is 5.75 Å². The van der Waals surface area contributed by atoms with Crippen LogP contribution in [0.1, 0.15) is 77.3 Å². The third-order valence-electron chi connectivity index (χ3n) is 9.55. The number of hydrogen-bond donors (Lipinski definition) is 0. The Kier molecular flexibility index (Phi) is 8.28. The molecule has 0 aromatic heterocycles. The van der Waals surface area contributed by atoms with E-state index in [1.54, 1.807) is 7.11 Å². The number of likely N-dealkylation sites (tertiary alicyclic amines) is 1. The molecule has 6 nitrogen and oxygen atoms in total. The van der Waals surface area contributed by atoms with Crippen molar-refractivity contribution in [3.63, 3.8) is 0 Å². The van der Waals surface area contributed by atoms with Crippen LogP contribution in [0.3, 0.4) is 0 Å². The summed E-state index contributed by atoms with van der Waals surface area (Å²) in [6.07, 6.45) is 13.0. The highest BCUT2D eigenvalue weighted by atomic mass is 16.6. The van der Waals surface area contributed by atoms with Crippen molar-refractivity contribution >= 4 is 12.0 Å². The van der Waals surface area contributed by atoms with Gasteiger partial charge in [-0.1, -0.05) is 73.7 Å². The van der Waals surface area contributed by atoms with Gasteiger partial charge in [-0.25, -0.2) is 4.79 Å². The third-order valence-corrected chi connectivity index (χ3v) is 9.55. The van der Waals surface area contributed by atoms with Crippen LogP contribution in [0.5, 0.6) is 5.75 Å². The van der Waals surface area contributed by atoms with E-state index in [9.17, 15) is 9.59 Å². The van der Waals surface area contributed by atoms with Crippen molar-refractivity contribution in [2.24, 2.45) is 0 Å². The number of hydrogen-bond acceptors (Lipinski definition) is 4. The average molecular weight is 571 g/mol. The van der Waals surface area contributed by atoms with Gasteiger partial charge in [0, 0.05) is 25.0 Å². The number of allylic oxidation sites excluding steroid dienone is 2. The van der Waals surface area contributed by atoms with Crippen LogP contribution in [-0.2, 0) is 20.4 Å². The number of amides is 2. The van der Waals surface area contributed by atoms with Crippen LogP contribution in [-0.4, -0.2) is 59.7 Å². The molecule has 0 bridgehead atoms. The van der Waals surface area contributed by atoms with E-state index in [0.29, 0.717) is 19.6 Å². The van der Waals surface area contributed by atoms with E-state index >= 15 is 0 Å². The summed E-state index contributed by atoms with van der Waals surface area (Å²) in [5.41, 5.74) is 0.498. The standard InChI is InChI=1S/C36H46N2O4/c1-6-35(19-11-8-12-20-35)38(32(40)42-33(2,3)4)27-34(28-13-9-7-10-14-28)23-25-37(26-24-34)31(39)36(21-22-36)29-15-17-30(41-5)18-16-29/h7-19H,6,20-27H2,1-5H3. The Labute approximate surface area is 251 Å². The number of carbonyl (C=O) groups excluding carboxylic acids is 2. The Bertz CT molecular complexity index is 1310. The zero-order valence-corrected chi connectivity index (χ0v) is 25.9. The van der Waals surface area contributed by atoms with Gasteiger partial charge in [0.25, 0.3) is 0 Å². The highest BCUT2D eigenvalue weighted by molar-refractivity contribution is 5.91. The molecule has 3 aliphatic rings. The van der Waals surface area contributed by atoms with E-state index < -0.39 is 16.6 Å². The minimum Gasteiger partial charge on any atom is -0.497 e. The molecule has 1 saturated carbocycles. The summed E-state index contributed by atoms with van der Waals surface area (Å²) >= 11 is 0. The zero-order valence-electron chi connectivity index (χ0n) is 25.9. The molecule has 6 heteroatoms. The summed E-state index contributed by atoms with van der Waals surface area (Å²) < 4.78 is 11.4. The first-order valence-electron chi connectivity index (χ1n) is 15.4. The largest absolute Gasteiger partial charge is 0.497 e. The van der Waals surface area contributed by atoms with Crippen molar-refractivity contribution in [1.82, 2.24) is 9.80 Å². The molecule has 1 atom stereocenters. The Hall–Kier alpha value is -3.54. The van der Waals surface area contributed by atoms with E-state index in [2.05, 4.69) is 60.4 Å². The summed E-state index contributed by atoms with van der Waals surface area (Å²) in [5, 5.41) is 0. The smallest absolute Gasteiger partial charge is 0.411 e. The first-order chi connectivity index (χ1) is 20.1. The van der Waals surface area contributed by atoms with Gasteiger partial charge >= 0.3 is 6.09 Å². The monoisotopic (exact) mass is 570 g/mol. The number of methoxy groups -OCH3 is 1. The van der Waals surface area contributed by atoms with E-state index in [1.807, 2.05) is 56.0 Å². The lowest BCUT2D eigenvalue weighted by atomic mass is 9.71. The van der Waals surface area contributed by atoms with Gasteiger partial charge in [0.1, 0.15) is 11.4 Å². The number of piperidine rings is 1.